The van der Waals surface area contributed by atoms with Gasteiger partial charge in [-0.1, -0.05) is 30.3 Å². The lowest BCUT2D eigenvalue weighted by molar-refractivity contribution is 0.416. The van der Waals surface area contributed by atoms with Crippen molar-refractivity contribution in [2.75, 3.05) is 18.2 Å². The van der Waals surface area contributed by atoms with Gasteiger partial charge >= 0.3 is 0 Å². The van der Waals surface area contributed by atoms with E-state index in [9.17, 15) is 0 Å². The normalized spacial score (nSPS) is 9.94. The molecule has 0 aliphatic carbocycles. The zero-order chi connectivity index (χ0) is 12.1. The summed E-state index contributed by atoms with van der Waals surface area (Å²) >= 11 is 0. The Bertz CT molecular complexity index is 497. The van der Waals surface area contributed by atoms with Gasteiger partial charge in [-0.05, 0) is 23.8 Å². The van der Waals surface area contributed by atoms with Gasteiger partial charge in [0, 0.05) is 12.2 Å². The molecule has 0 fully saturated rings. The summed E-state index contributed by atoms with van der Waals surface area (Å²) in [5.74, 6) is 0.835. The molecule has 0 aliphatic rings. The zero-order valence-electron chi connectivity index (χ0n) is 9.81. The van der Waals surface area contributed by atoms with E-state index in [1.54, 1.807) is 7.11 Å². The van der Waals surface area contributed by atoms with Gasteiger partial charge in [0.15, 0.2) is 0 Å². The molecule has 0 bridgehead atoms. The first-order valence-electron chi connectivity index (χ1n) is 5.51. The highest BCUT2D eigenvalue weighted by Crippen LogP contribution is 2.24. The Morgan fingerprint density at radius 1 is 1.06 bits per heavy atom. The van der Waals surface area contributed by atoms with Crippen LogP contribution >= 0.6 is 0 Å². The molecule has 0 amide bonds. The second-order valence-electron chi connectivity index (χ2n) is 3.75. The van der Waals surface area contributed by atoms with Crippen molar-refractivity contribution in [3.05, 3.63) is 54.1 Å². The second kappa shape index (κ2) is 5.25. The average molecular weight is 228 g/mol. The first-order valence-corrected chi connectivity index (χ1v) is 5.51. The summed E-state index contributed by atoms with van der Waals surface area (Å²) in [6.07, 6.45) is 0. The third-order valence-electron chi connectivity index (χ3n) is 2.63. The number of nitrogens with one attached hydrogen (secondary N) is 1. The molecule has 3 heteroatoms. The van der Waals surface area contributed by atoms with Gasteiger partial charge in [-0.3, -0.25) is 0 Å². The van der Waals surface area contributed by atoms with E-state index in [2.05, 4.69) is 5.32 Å². The minimum absolute atomic E-state index is 0.688. The maximum atomic E-state index is 5.88. The number of methoxy groups -OCH3 is 1. The van der Waals surface area contributed by atoms with Crippen molar-refractivity contribution in [1.29, 1.82) is 0 Å². The van der Waals surface area contributed by atoms with Crippen LogP contribution in [-0.2, 0) is 6.54 Å². The van der Waals surface area contributed by atoms with Crippen LogP contribution in [0.1, 0.15) is 5.56 Å². The van der Waals surface area contributed by atoms with Gasteiger partial charge in [0.25, 0.3) is 0 Å². The summed E-state index contributed by atoms with van der Waals surface area (Å²) in [5, 5.41) is 3.32. The summed E-state index contributed by atoms with van der Waals surface area (Å²) in [6, 6.07) is 15.7. The largest absolute Gasteiger partial charge is 0.495 e. The van der Waals surface area contributed by atoms with E-state index in [0.29, 0.717) is 6.54 Å². The van der Waals surface area contributed by atoms with Crippen molar-refractivity contribution in [3.8, 4) is 5.75 Å². The van der Waals surface area contributed by atoms with Crippen LogP contribution in [0, 0.1) is 0 Å². The van der Waals surface area contributed by atoms with Crippen molar-refractivity contribution < 1.29 is 4.74 Å². The molecule has 3 nitrogen and oxygen atoms in total. The van der Waals surface area contributed by atoms with E-state index in [1.165, 1.54) is 0 Å². The quantitative estimate of drug-likeness (QED) is 0.791. The smallest absolute Gasteiger partial charge is 0.141 e. The number of hydrogen-bond donors (Lipinski definition) is 2. The third-order valence-corrected chi connectivity index (χ3v) is 2.63. The molecule has 0 aromatic heterocycles. The average Bonchev–Trinajstić information content (AvgIpc) is 2.38. The Morgan fingerprint density at radius 2 is 1.76 bits per heavy atom. The molecule has 0 aliphatic heterocycles. The van der Waals surface area contributed by atoms with Crippen LogP contribution in [0.4, 0.5) is 11.4 Å². The predicted octanol–water partition coefficient (Wildman–Crippen LogP) is 2.89. The fourth-order valence-electron chi connectivity index (χ4n) is 1.68. The topological polar surface area (TPSA) is 47.3 Å². The van der Waals surface area contributed by atoms with Crippen LogP contribution in [0.15, 0.2) is 48.5 Å². The number of nitrogen functional groups attached to an aromatic ring is 1. The Morgan fingerprint density at radius 3 is 2.53 bits per heavy atom. The molecule has 0 heterocycles. The fraction of sp³-hybridized carbons (Fsp3) is 0.143. The lowest BCUT2D eigenvalue weighted by Crippen LogP contribution is -2.03. The SMILES string of the molecule is COc1ccccc1NCc1ccccc1N. The van der Waals surface area contributed by atoms with E-state index in [-0.39, 0.29) is 0 Å². The standard InChI is InChI=1S/C14H16N2O/c1-17-14-9-5-4-8-13(14)16-10-11-6-2-3-7-12(11)15/h2-9,16H,10,15H2,1H3. The summed E-state index contributed by atoms with van der Waals surface area (Å²) < 4.78 is 5.27. The maximum Gasteiger partial charge on any atom is 0.141 e. The predicted molar refractivity (Wildman–Crippen MR) is 71.2 cm³/mol. The van der Waals surface area contributed by atoms with Gasteiger partial charge in [-0.25, -0.2) is 0 Å². The molecule has 88 valence electrons. The molecule has 0 saturated heterocycles. The van der Waals surface area contributed by atoms with Crippen LogP contribution in [0.25, 0.3) is 0 Å². The summed E-state index contributed by atoms with van der Waals surface area (Å²) in [6.45, 7) is 0.688. The number of para-hydroxylation sites is 3. The molecule has 2 aromatic rings. The van der Waals surface area contributed by atoms with E-state index >= 15 is 0 Å². The van der Waals surface area contributed by atoms with Gasteiger partial charge in [0.1, 0.15) is 5.75 Å². The van der Waals surface area contributed by atoms with Gasteiger partial charge in [0.05, 0.1) is 12.8 Å². The molecule has 0 saturated carbocycles. The fourth-order valence-corrected chi connectivity index (χ4v) is 1.68. The molecule has 2 rings (SSSR count). The Hall–Kier alpha value is -2.16. The number of anilines is 2. The first-order chi connectivity index (χ1) is 8.31. The van der Waals surface area contributed by atoms with Crippen LogP contribution in [-0.4, -0.2) is 7.11 Å². The van der Waals surface area contributed by atoms with Crippen molar-refractivity contribution in [1.82, 2.24) is 0 Å². The Balaban J connectivity index is 2.10. The van der Waals surface area contributed by atoms with Crippen LogP contribution < -0.4 is 15.8 Å². The van der Waals surface area contributed by atoms with Crippen molar-refractivity contribution in [2.24, 2.45) is 0 Å². The minimum atomic E-state index is 0.688. The maximum absolute atomic E-state index is 5.88. The van der Waals surface area contributed by atoms with E-state index in [1.807, 2.05) is 48.5 Å². The summed E-state index contributed by atoms with van der Waals surface area (Å²) in [4.78, 5) is 0. The minimum Gasteiger partial charge on any atom is -0.495 e. The molecule has 0 unspecified atom stereocenters. The molecule has 2 aromatic carbocycles. The van der Waals surface area contributed by atoms with Crippen LogP contribution in [0.2, 0.25) is 0 Å². The third kappa shape index (κ3) is 2.69. The number of benzene rings is 2. The van der Waals surface area contributed by atoms with E-state index in [4.69, 9.17) is 10.5 Å². The molecule has 17 heavy (non-hydrogen) atoms. The van der Waals surface area contributed by atoms with Gasteiger partial charge in [-0.15, -0.1) is 0 Å². The van der Waals surface area contributed by atoms with E-state index in [0.717, 1.165) is 22.7 Å². The summed E-state index contributed by atoms with van der Waals surface area (Å²) in [5.41, 5.74) is 8.74. The molecule has 0 atom stereocenters. The number of hydrogen-bond acceptors (Lipinski definition) is 3. The van der Waals surface area contributed by atoms with E-state index < -0.39 is 0 Å². The van der Waals surface area contributed by atoms with Crippen LogP contribution in [0.3, 0.4) is 0 Å². The lowest BCUT2D eigenvalue weighted by Gasteiger charge is -2.11. The molecule has 3 N–H and O–H groups in total. The van der Waals surface area contributed by atoms with Crippen LogP contribution in [0.5, 0.6) is 5.75 Å². The highest BCUT2D eigenvalue weighted by atomic mass is 16.5. The molecule has 0 radical (unpaired) electrons. The lowest BCUT2D eigenvalue weighted by atomic mass is 10.2. The zero-order valence-corrected chi connectivity index (χ0v) is 9.81. The van der Waals surface area contributed by atoms with Crippen molar-refractivity contribution >= 4 is 11.4 Å². The first kappa shape index (κ1) is 11.3. The Kier molecular flexibility index (Phi) is 3.50. The Labute approximate surface area is 101 Å². The van der Waals surface area contributed by atoms with Gasteiger partial charge < -0.3 is 15.8 Å². The highest BCUT2D eigenvalue weighted by Gasteiger charge is 2.02. The second-order valence-corrected chi connectivity index (χ2v) is 3.75. The van der Waals surface area contributed by atoms with Crippen molar-refractivity contribution in [3.63, 3.8) is 0 Å². The number of nitrogens with two attached hydrogens (primary N) is 1. The monoisotopic (exact) mass is 228 g/mol. The highest BCUT2D eigenvalue weighted by molar-refractivity contribution is 5.57. The molecule has 0 spiro atoms. The number of ether oxygens (including phenoxy) is 1. The van der Waals surface area contributed by atoms with Crippen molar-refractivity contribution in [2.45, 2.75) is 6.54 Å². The number of rotatable bonds is 4. The molecular formula is C14H16N2O. The van der Waals surface area contributed by atoms with Gasteiger partial charge in [0.2, 0.25) is 0 Å². The summed E-state index contributed by atoms with van der Waals surface area (Å²) in [7, 11) is 1.66. The molecular weight excluding hydrogens is 212 g/mol. The van der Waals surface area contributed by atoms with Gasteiger partial charge in [-0.2, -0.15) is 0 Å².